The number of rotatable bonds is 0. The first-order valence-corrected chi connectivity index (χ1v) is 38.9. The molecule has 0 N–H and O–H groups in total. The van der Waals surface area contributed by atoms with Gasteiger partial charge in [0.25, 0.3) is 0 Å². The van der Waals surface area contributed by atoms with Gasteiger partial charge in [0.15, 0.2) is 0 Å². The predicted molar refractivity (Wildman–Crippen MR) is 473 cm³/mol. The quantitative estimate of drug-likeness (QED) is 0.142. The predicted octanol–water partition coefficient (Wildman–Crippen LogP) is 31.6. The molecule has 0 amide bonds. The Bertz CT molecular complexity index is 4050. The van der Waals surface area contributed by atoms with E-state index < -0.39 is 0 Å². The van der Waals surface area contributed by atoms with Crippen LogP contribution in [0.2, 0.25) is 0 Å². The van der Waals surface area contributed by atoms with E-state index in [2.05, 4.69) is 293 Å². The third-order valence-electron chi connectivity index (χ3n) is 16.4. The number of aryl methyl sites for hydroxylation is 15. The first-order chi connectivity index (χ1) is 49.6. The van der Waals surface area contributed by atoms with E-state index in [0.717, 1.165) is 17.1 Å². The molecule has 0 saturated heterocycles. The topological polar surface area (TPSA) is 30.7 Å². The van der Waals surface area contributed by atoms with Gasteiger partial charge in [-0.2, -0.15) is 0 Å². The normalized spacial score (nSPS) is 9.97. The largest absolute Gasteiger partial charge is 0.344 e. The van der Waals surface area contributed by atoms with E-state index in [1.54, 1.807) is 0 Å². The number of benzene rings is 10. The molecule has 3 aromatic heterocycles. The molecule has 0 bridgehead atoms. The van der Waals surface area contributed by atoms with Crippen molar-refractivity contribution in [2.24, 2.45) is 7.05 Å². The van der Waals surface area contributed by atoms with Gasteiger partial charge < -0.3 is 4.57 Å². The van der Waals surface area contributed by atoms with Gasteiger partial charge in [-0.05, 0) is 221 Å². The Morgan fingerprint density at radius 2 is 0.534 bits per heavy atom. The van der Waals surface area contributed by atoms with Crippen LogP contribution in [0.15, 0.2) is 219 Å². The molecule has 0 aliphatic heterocycles. The molecule has 1 aliphatic carbocycles. The van der Waals surface area contributed by atoms with Crippen molar-refractivity contribution in [3.63, 3.8) is 0 Å². The number of fused-ring (bicyclic) bond motifs is 9. The van der Waals surface area contributed by atoms with E-state index in [1.807, 2.05) is 183 Å². The Labute approximate surface area is 631 Å². The van der Waals surface area contributed by atoms with Gasteiger partial charge in [-0.15, -0.1) is 0 Å². The van der Waals surface area contributed by atoms with E-state index in [-0.39, 0.29) is 5.41 Å². The molecule has 556 valence electrons. The highest BCUT2D eigenvalue weighted by molar-refractivity contribution is 6.08. The van der Waals surface area contributed by atoms with Crippen molar-refractivity contribution < 1.29 is 0 Å². The van der Waals surface area contributed by atoms with E-state index >= 15 is 0 Å². The van der Waals surface area contributed by atoms with Crippen LogP contribution >= 0.6 is 0 Å². The lowest BCUT2D eigenvalue weighted by Gasteiger charge is -2.22. The Hall–Kier alpha value is -8.92. The molecule has 0 unspecified atom stereocenters. The van der Waals surface area contributed by atoms with Crippen molar-refractivity contribution in [2.45, 2.75) is 241 Å². The average molecular weight is 1390 g/mol. The van der Waals surface area contributed by atoms with Crippen molar-refractivity contribution in [3.8, 4) is 11.1 Å². The lowest BCUT2D eigenvalue weighted by Crippen LogP contribution is -2.15. The maximum atomic E-state index is 4.17. The van der Waals surface area contributed by atoms with Gasteiger partial charge in [0.2, 0.25) is 0 Å². The number of aromatic nitrogens is 3. The third-order valence-corrected chi connectivity index (χ3v) is 16.4. The summed E-state index contributed by atoms with van der Waals surface area (Å²) >= 11 is 0. The van der Waals surface area contributed by atoms with Crippen LogP contribution in [0.25, 0.3) is 65.3 Å². The minimum Gasteiger partial charge on any atom is -0.344 e. The van der Waals surface area contributed by atoms with Gasteiger partial charge in [-0.25, -0.2) is 0 Å². The van der Waals surface area contributed by atoms with Crippen LogP contribution in [0.1, 0.15) is 228 Å². The molecule has 3 heteroatoms. The molecule has 0 saturated carbocycles. The van der Waals surface area contributed by atoms with E-state index in [0.29, 0.717) is 0 Å². The summed E-state index contributed by atoms with van der Waals surface area (Å²) in [6.07, 6.45) is 1.87. The Morgan fingerprint density at radius 1 is 0.252 bits per heavy atom. The SMILES string of the molecule is CC.CC.CC.CC.CC.CC.CC.CC.CC.Cc1c2ccccc2c(C)c2ccccc12.Cc1ccc(C)c2ccccc12.Cc1ccc(C)cc1.Cc1ccc(C)nc1.Cc1ccc2c(c1)C(C)(C)c1cc(C)ccc1-2.Cc1ccc2c3ccc(C)cc3n(C)c2c1.Cc1cccc(C)n1. The summed E-state index contributed by atoms with van der Waals surface area (Å²) < 4.78 is 2.28. The van der Waals surface area contributed by atoms with Gasteiger partial charge in [0.05, 0.1) is 0 Å². The fraction of sp³-hybridized carbons (Fsp3) is 0.360. The highest BCUT2D eigenvalue weighted by Crippen LogP contribution is 2.49. The summed E-state index contributed by atoms with van der Waals surface area (Å²) in [4.78, 5) is 8.25. The molecule has 1 aliphatic rings. The molecular formula is C100H141N3. The zero-order chi connectivity index (χ0) is 79.1. The second kappa shape index (κ2) is 53.0. The summed E-state index contributed by atoms with van der Waals surface area (Å²) in [5.74, 6) is 0. The van der Waals surface area contributed by atoms with Crippen LogP contribution in [0.4, 0.5) is 0 Å². The monoisotopic (exact) mass is 1380 g/mol. The molecular weight excluding hydrogens is 1240 g/mol. The van der Waals surface area contributed by atoms with Crippen molar-refractivity contribution >= 4 is 54.1 Å². The fourth-order valence-corrected chi connectivity index (χ4v) is 11.4. The van der Waals surface area contributed by atoms with Gasteiger partial charge in [0, 0.05) is 57.5 Å². The number of nitrogens with zero attached hydrogens (tertiary/aromatic N) is 3. The lowest BCUT2D eigenvalue weighted by molar-refractivity contribution is 0.659. The fourth-order valence-electron chi connectivity index (χ4n) is 11.4. The molecule has 0 atom stereocenters. The molecule has 3 nitrogen and oxygen atoms in total. The van der Waals surface area contributed by atoms with Crippen LogP contribution in [0.5, 0.6) is 0 Å². The molecule has 3 heterocycles. The Balaban J connectivity index is 0. The van der Waals surface area contributed by atoms with Crippen molar-refractivity contribution in [3.05, 3.63) is 308 Å². The molecule has 0 radical (unpaired) electrons. The Kier molecular flexibility index (Phi) is 49.4. The minimum atomic E-state index is 0.142. The van der Waals surface area contributed by atoms with Gasteiger partial charge in [0.1, 0.15) is 0 Å². The van der Waals surface area contributed by atoms with Crippen LogP contribution in [-0.4, -0.2) is 14.5 Å². The summed E-state index contributed by atoms with van der Waals surface area (Å²) in [5.41, 5.74) is 26.5. The first kappa shape index (κ1) is 96.1. The lowest BCUT2D eigenvalue weighted by atomic mass is 9.81. The second-order valence-corrected chi connectivity index (χ2v) is 24.0. The maximum Gasteiger partial charge on any atom is 0.0491 e. The highest BCUT2D eigenvalue weighted by atomic mass is 14.9. The first-order valence-electron chi connectivity index (χ1n) is 38.9. The average Bonchev–Trinajstić information content (AvgIpc) is 1.31. The minimum absolute atomic E-state index is 0.142. The van der Waals surface area contributed by atoms with E-state index in [9.17, 15) is 0 Å². The molecule has 10 aromatic carbocycles. The molecule has 0 spiro atoms. The number of hydrogen-bond donors (Lipinski definition) is 0. The van der Waals surface area contributed by atoms with Crippen LogP contribution in [0.3, 0.4) is 0 Å². The number of hydrogen-bond acceptors (Lipinski definition) is 2. The van der Waals surface area contributed by atoms with Crippen molar-refractivity contribution in [1.29, 1.82) is 0 Å². The van der Waals surface area contributed by atoms with Crippen LogP contribution in [-0.2, 0) is 12.5 Å². The molecule has 0 fully saturated rings. The maximum absolute atomic E-state index is 4.17. The van der Waals surface area contributed by atoms with E-state index in [1.165, 1.54) is 138 Å². The standard InChI is InChI=1S/C17H18.C16H14.C15H15N.C12H12.C8H10.2C7H9N.9C2H6/c1-11-5-7-13-14-8-6-12(2)10-16(14)17(3,4)15(13)9-11;1-11-13-7-3-5-9-15(13)12(2)16-10-6-4-8-14(11)16;1-10-4-6-12-13-7-5-11(2)9-15(13)16(3)14(12)8-10;1-9-7-8-10(2)12-6-4-3-5-11(9)12;1-7-3-5-8(2)6-4-7;1-6-3-4-7(2)8-5-6;1-6-4-3-5-7(2)8-6;9*1-2/h5-10H,1-4H3;3-10H,1-2H3;4-9H,1-3H3;3-8H,1-2H3;3-6H,1-2H3;2*3-5H,1-2H3;9*1-2H3. The Morgan fingerprint density at radius 3 is 0.816 bits per heavy atom. The highest BCUT2D eigenvalue weighted by Gasteiger charge is 2.35. The second-order valence-electron chi connectivity index (χ2n) is 24.0. The third kappa shape index (κ3) is 29.0. The summed E-state index contributed by atoms with van der Waals surface area (Å²) in [6.45, 7) is 70.2. The number of pyridine rings is 2. The zero-order valence-corrected chi connectivity index (χ0v) is 71.6. The van der Waals surface area contributed by atoms with Gasteiger partial charge in [-0.3, -0.25) is 9.97 Å². The van der Waals surface area contributed by atoms with Crippen LogP contribution < -0.4 is 0 Å². The molecule has 103 heavy (non-hydrogen) atoms. The molecule has 14 rings (SSSR count). The van der Waals surface area contributed by atoms with E-state index in [4.69, 9.17) is 0 Å². The molecule has 13 aromatic rings. The van der Waals surface area contributed by atoms with Crippen molar-refractivity contribution in [1.82, 2.24) is 14.5 Å². The van der Waals surface area contributed by atoms with Crippen molar-refractivity contribution in [2.75, 3.05) is 0 Å². The van der Waals surface area contributed by atoms with Gasteiger partial charge in [-0.1, -0.05) is 343 Å². The van der Waals surface area contributed by atoms with Crippen LogP contribution in [0, 0.1) is 96.9 Å². The summed E-state index contributed by atoms with van der Waals surface area (Å²) in [6, 6.07) is 75.7. The summed E-state index contributed by atoms with van der Waals surface area (Å²) in [7, 11) is 2.14. The summed E-state index contributed by atoms with van der Waals surface area (Å²) in [5, 5.41) is 10.9. The van der Waals surface area contributed by atoms with Gasteiger partial charge >= 0.3 is 0 Å². The smallest absolute Gasteiger partial charge is 0.0491 e. The zero-order valence-electron chi connectivity index (χ0n) is 71.6.